The summed E-state index contributed by atoms with van der Waals surface area (Å²) >= 11 is 0. The van der Waals surface area contributed by atoms with Crippen molar-refractivity contribution in [3.05, 3.63) is 24.3 Å². The fraction of sp³-hybridized carbons (Fsp3) is 0.429. The molecule has 0 fully saturated rings. The molecule has 0 unspecified atom stereocenters. The van der Waals surface area contributed by atoms with Crippen LogP contribution in [0.15, 0.2) is 29.2 Å². The van der Waals surface area contributed by atoms with Crippen LogP contribution in [0, 0.1) is 0 Å². The number of ether oxygens (including phenoxy) is 1. The SMILES string of the molecule is COC(=O)CNS(=O)(=O)c1ccc(NC(=O)C[C@](C)(O)C(F)(F)F)cc1. The molecule has 12 heteroatoms. The van der Waals surface area contributed by atoms with Gasteiger partial charge in [-0.25, -0.2) is 8.42 Å². The Labute approximate surface area is 147 Å². The van der Waals surface area contributed by atoms with Crippen molar-refractivity contribution in [2.75, 3.05) is 19.0 Å². The van der Waals surface area contributed by atoms with E-state index in [4.69, 9.17) is 0 Å². The van der Waals surface area contributed by atoms with Gasteiger partial charge in [-0.05, 0) is 31.2 Å². The van der Waals surface area contributed by atoms with Crippen molar-refractivity contribution in [2.45, 2.75) is 30.0 Å². The number of anilines is 1. The Kier molecular flexibility index (Phi) is 6.74. The van der Waals surface area contributed by atoms with E-state index >= 15 is 0 Å². The van der Waals surface area contributed by atoms with Crippen LogP contribution in [0.2, 0.25) is 0 Å². The van der Waals surface area contributed by atoms with Crippen molar-refractivity contribution in [1.82, 2.24) is 4.72 Å². The molecule has 1 amide bonds. The van der Waals surface area contributed by atoms with E-state index < -0.39 is 46.6 Å². The maximum Gasteiger partial charge on any atom is 0.417 e. The first-order valence-corrected chi connectivity index (χ1v) is 8.52. The highest BCUT2D eigenvalue weighted by Gasteiger charge is 2.50. The standard InChI is InChI=1S/C14H17F3N2O6S/c1-13(22,14(15,16)17)7-11(20)19-9-3-5-10(6-4-9)26(23,24)18-8-12(21)25-2/h3-6,18,22H,7-8H2,1-2H3,(H,19,20)/t13-/m0/s1. The lowest BCUT2D eigenvalue weighted by Gasteiger charge is -2.25. The van der Waals surface area contributed by atoms with E-state index in [1.54, 1.807) is 0 Å². The highest BCUT2D eigenvalue weighted by molar-refractivity contribution is 7.89. The molecule has 0 aliphatic rings. The Morgan fingerprint density at radius 1 is 1.19 bits per heavy atom. The Morgan fingerprint density at radius 3 is 2.19 bits per heavy atom. The van der Waals surface area contributed by atoms with Gasteiger partial charge in [0, 0.05) is 5.69 Å². The van der Waals surface area contributed by atoms with E-state index in [1.165, 1.54) is 0 Å². The maximum absolute atomic E-state index is 12.5. The van der Waals surface area contributed by atoms with Gasteiger partial charge in [-0.2, -0.15) is 17.9 Å². The lowest BCUT2D eigenvalue weighted by atomic mass is 10.0. The number of alkyl halides is 3. The molecule has 0 aromatic heterocycles. The largest absolute Gasteiger partial charge is 0.468 e. The first-order valence-electron chi connectivity index (χ1n) is 7.04. The fourth-order valence-corrected chi connectivity index (χ4v) is 2.61. The number of aliphatic hydroxyl groups is 1. The molecular formula is C14H17F3N2O6S. The first-order chi connectivity index (χ1) is 11.8. The van der Waals surface area contributed by atoms with Crippen molar-refractivity contribution < 1.29 is 41.0 Å². The number of amides is 1. The molecule has 1 aromatic rings. The molecular weight excluding hydrogens is 381 g/mol. The molecule has 0 saturated heterocycles. The van der Waals surface area contributed by atoms with Crippen molar-refractivity contribution >= 4 is 27.6 Å². The predicted molar refractivity (Wildman–Crippen MR) is 83.6 cm³/mol. The summed E-state index contributed by atoms with van der Waals surface area (Å²) in [7, 11) is -2.92. The van der Waals surface area contributed by atoms with Gasteiger partial charge < -0.3 is 15.2 Å². The van der Waals surface area contributed by atoms with Crippen LogP contribution >= 0.6 is 0 Å². The number of sulfonamides is 1. The van der Waals surface area contributed by atoms with Crippen LogP contribution < -0.4 is 10.0 Å². The summed E-state index contributed by atoms with van der Waals surface area (Å²) in [6.45, 7) is -0.112. The molecule has 8 nitrogen and oxygen atoms in total. The molecule has 0 radical (unpaired) electrons. The molecule has 3 N–H and O–H groups in total. The Morgan fingerprint density at radius 2 is 1.73 bits per heavy atom. The monoisotopic (exact) mass is 398 g/mol. The number of rotatable bonds is 7. The molecule has 1 rings (SSSR count). The Hall–Kier alpha value is -2.18. The molecule has 1 aromatic carbocycles. The molecule has 26 heavy (non-hydrogen) atoms. The molecule has 146 valence electrons. The highest BCUT2D eigenvalue weighted by atomic mass is 32.2. The van der Waals surface area contributed by atoms with Crippen LogP contribution in [0.25, 0.3) is 0 Å². The van der Waals surface area contributed by atoms with Crippen molar-refractivity contribution in [3.63, 3.8) is 0 Å². The Bertz CT molecular complexity index is 760. The number of hydrogen-bond donors (Lipinski definition) is 3. The van der Waals surface area contributed by atoms with E-state index in [0.29, 0.717) is 6.92 Å². The first kappa shape index (κ1) is 21.9. The minimum absolute atomic E-state index is 0.0277. The zero-order chi connectivity index (χ0) is 20.2. The van der Waals surface area contributed by atoms with E-state index in [9.17, 15) is 36.3 Å². The third-order valence-electron chi connectivity index (χ3n) is 3.20. The number of benzene rings is 1. The molecule has 0 heterocycles. The minimum atomic E-state index is -4.98. The normalized spacial score (nSPS) is 14.4. The van der Waals surface area contributed by atoms with E-state index in [-0.39, 0.29) is 10.6 Å². The smallest absolute Gasteiger partial charge is 0.417 e. The van der Waals surface area contributed by atoms with E-state index in [1.807, 2.05) is 4.72 Å². The number of carbonyl (C=O) groups is 2. The van der Waals surface area contributed by atoms with Crippen LogP contribution in [0.1, 0.15) is 13.3 Å². The van der Waals surface area contributed by atoms with Crippen LogP contribution in [0.5, 0.6) is 0 Å². The van der Waals surface area contributed by atoms with Gasteiger partial charge in [0.2, 0.25) is 15.9 Å². The summed E-state index contributed by atoms with van der Waals surface area (Å²) in [5.41, 5.74) is -3.17. The number of hydrogen-bond acceptors (Lipinski definition) is 6. The number of nitrogens with one attached hydrogen (secondary N) is 2. The summed E-state index contributed by atoms with van der Waals surface area (Å²) in [5, 5.41) is 11.4. The summed E-state index contributed by atoms with van der Waals surface area (Å²) in [5.74, 6) is -1.90. The van der Waals surface area contributed by atoms with E-state index in [2.05, 4.69) is 10.1 Å². The van der Waals surface area contributed by atoms with Crippen molar-refractivity contribution in [3.8, 4) is 0 Å². The van der Waals surface area contributed by atoms with E-state index in [0.717, 1.165) is 31.4 Å². The van der Waals surface area contributed by atoms with Gasteiger partial charge >= 0.3 is 12.1 Å². The second-order valence-electron chi connectivity index (χ2n) is 5.42. The average Bonchev–Trinajstić information content (AvgIpc) is 2.51. The number of esters is 1. The third kappa shape index (κ3) is 5.97. The highest BCUT2D eigenvalue weighted by Crippen LogP contribution is 2.32. The van der Waals surface area contributed by atoms with Gasteiger partial charge in [0.1, 0.15) is 6.54 Å². The van der Waals surface area contributed by atoms with Crippen molar-refractivity contribution in [2.24, 2.45) is 0 Å². The van der Waals surface area contributed by atoms with Crippen LogP contribution in [-0.2, 0) is 24.3 Å². The maximum atomic E-state index is 12.5. The summed E-state index contributed by atoms with van der Waals surface area (Å²) in [6, 6.07) is 4.45. The van der Waals surface area contributed by atoms with Crippen LogP contribution in [0.3, 0.4) is 0 Å². The van der Waals surface area contributed by atoms with Crippen molar-refractivity contribution in [1.29, 1.82) is 0 Å². The summed E-state index contributed by atoms with van der Waals surface area (Å²) in [6.07, 6.45) is -6.20. The fourth-order valence-electron chi connectivity index (χ4n) is 1.64. The molecule has 0 aliphatic heterocycles. The molecule has 1 atom stereocenters. The van der Waals surface area contributed by atoms with Gasteiger partial charge in [0.25, 0.3) is 0 Å². The number of carbonyl (C=O) groups excluding carboxylic acids is 2. The summed E-state index contributed by atoms with van der Waals surface area (Å²) < 4.78 is 67.7. The third-order valence-corrected chi connectivity index (χ3v) is 4.62. The number of halogens is 3. The van der Waals surface area contributed by atoms with Gasteiger partial charge in [-0.15, -0.1) is 0 Å². The van der Waals surface area contributed by atoms with Gasteiger partial charge in [0.05, 0.1) is 18.4 Å². The number of methoxy groups -OCH3 is 1. The zero-order valence-corrected chi connectivity index (χ0v) is 14.6. The lowest BCUT2D eigenvalue weighted by Crippen LogP contribution is -2.44. The van der Waals surface area contributed by atoms with Gasteiger partial charge in [0.15, 0.2) is 5.60 Å². The molecule has 0 aliphatic carbocycles. The predicted octanol–water partition coefficient (Wildman–Crippen LogP) is 0.780. The second-order valence-corrected chi connectivity index (χ2v) is 7.19. The molecule has 0 spiro atoms. The topological polar surface area (TPSA) is 122 Å². The Balaban J connectivity index is 2.76. The minimum Gasteiger partial charge on any atom is -0.468 e. The molecule has 0 saturated carbocycles. The molecule has 0 bridgehead atoms. The quantitative estimate of drug-likeness (QED) is 0.584. The zero-order valence-electron chi connectivity index (χ0n) is 13.8. The van der Waals surface area contributed by atoms with Crippen LogP contribution in [0.4, 0.5) is 18.9 Å². The van der Waals surface area contributed by atoms with Gasteiger partial charge in [-0.3, -0.25) is 9.59 Å². The van der Waals surface area contributed by atoms with Crippen LogP contribution in [-0.4, -0.2) is 50.8 Å². The average molecular weight is 398 g/mol. The second kappa shape index (κ2) is 8.01. The van der Waals surface area contributed by atoms with Gasteiger partial charge in [-0.1, -0.05) is 0 Å². The summed E-state index contributed by atoms with van der Waals surface area (Å²) in [4.78, 5) is 22.3. The lowest BCUT2D eigenvalue weighted by molar-refractivity contribution is -0.252.